The van der Waals surface area contributed by atoms with E-state index >= 15 is 0 Å². The predicted octanol–water partition coefficient (Wildman–Crippen LogP) is 1.88. The van der Waals surface area contributed by atoms with Crippen LogP contribution in [0.2, 0.25) is 0 Å². The molecule has 0 fully saturated rings. The number of hydrogen-bond donors (Lipinski definition) is 1. The number of pyridine rings is 1. The zero-order valence-corrected chi connectivity index (χ0v) is 12.7. The van der Waals surface area contributed by atoms with E-state index in [-0.39, 0.29) is 17.3 Å². The molecule has 0 aliphatic carbocycles. The van der Waals surface area contributed by atoms with Gasteiger partial charge in [-0.3, -0.25) is 0 Å². The molecule has 2 heterocycles. The van der Waals surface area contributed by atoms with Crippen LogP contribution in [0, 0.1) is 5.82 Å². The summed E-state index contributed by atoms with van der Waals surface area (Å²) in [4.78, 5) is 4.13. The second-order valence-corrected chi connectivity index (χ2v) is 6.53. The lowest BCUT2D eigenvalue weighted by molar-refractivity contribution is 0.581. The molecular weight excluding hydrogens is 319 g/mol. The lowest BCUT2D eigenvalue weighted by Gasteiger charge is -2.04. The first-order valence-corrected chi connectivity index (χ1v) is 8.23. The summed E-state index contributed by atoms with van der Waals surface area (Å²) in [5, 5.41) is 4.00. The van der Waals surface area contributed by atoms with Gasteiger partial charge in [0.15, 0.2) is 5.82 Å². The van der Waals surface area contributed by atoms with Crippen molar-refractivity contribution in [3.63, 3.8) is 0 Å². The molecule has 3 rings (SSSR count). The molecular formula is C15H13FN4O2S. The SMILES string of the molecule is O=S(=O)(NCc1ccc(F)cc1)c1cnn(-c2ccccn2)c1. The van der Waals surface area contributed by atoms with E-state index in [1.165, 1.54) is 41.3 Å². The van der Waals surface area contributed by atoms with Crippen LogP contribution in [0.5, 0.6) is 0 Å². The smallest absolute Gasteiger partial charge is 0.237 e. The summed E-state index contributed by atoms with van der Waals surface area (Å²) in [7, 11) is -3.71. The van der Waals surface area contributed by atoms with E-state index in [2.05, 4.69) is 14.8 Å². The molecule has 0 atom stereocenters. The Bertz CT molecular complexity index is 893. The van der Waals surface area contributed by atoms with Gasteiger partial charge in [-0.05, 0) is 29.8 Å². The molecule has 0 radical (unpaired) electrons. The molecule has 1 aromatic carbocycles. The third-order valence-electron chi connectivity index (χ3n) is 3.13. The second kappa shape index (κ2) is 6.27. The number of aromatic nitrogens is 3. The van der Waals surface area contributed by atoms with Gasteiger partial charge in [0.25, 0.3) is 0 Å². The molecule has 3 aromatic rings. The van der Waals surface area contributed by atoms with Gasteiger partial charge in [0.1, 0.15) is 10.7 Å². The molecule has 2 aromatic heterocycles. The highest BCUT2D eigenvalue weighted by Crippen LogP contribution is 2.11. The van der Waals surface area contributed by atoms with Crippen molar-refractivity contribution < 1.29 is 12.8 Å². The molecule has 0 unspecified atom stereocenters. The Morgan fingerprint density at radius 1 is 1.13 bits per heavy atom. The Labute approximate surface area is 132 Å². The van der Waals surface area contributed by atoms with Crippen LogP contribution < -0.4 is 4.72 Å². The van der Waals surface area contributed by atoms with E-state index in [1.807, 2.05) is 0 Å². The minimum absolute atomic E-state index is 0.0327. The van der Waals surface area contributed by atoms with Gasteiger partial charge in [0.05, 0.1) is 12.4 Å². The molecule has 0 amide bonds. The fourth-order valence-electron chi connectivity index (χ4n) is 1.92. The number of rotatable bonds is 5. The van der Waals surface area contributed by atoms with Crippen LogP contribution in [-0.4, -0.2) is 23.2 Å². The Kier molecular flexibility index (Phi) is 4.18. The maximum atomic E-state index is 12.8. The molecule has 1 N–H and O–H groups in total. The Hall–Kier alpha value is -2.58. The summed E-state index contributed by atoms with van der Waals surface area (Å²) >= 11 is 0. The van der Waals surface area contributed by atoms with E-state index in [4.69, 9.17) is 0 Å². The third kappa shape index (κ3) is 3.61. The largest absolute Gasteiger partial charge is 0.244 e. The van der Waals surface area contributed by atoms with Gasteiger partial charge < -0.3 is 0 Å². The van der Waals surface area contributed by atoms with Crippen LogP contribution in [0.25, 0.3) is 5.82 Å². The summed E-state index contributed by atoms with van der Waals surface area (Å²) in [5.41, 5.74) is 0.659. The number of benzene rings is 1. The average molecular weight is 332 g/mol. The Morgan fingerprint density at radius 3 is 2.61 bits per heavy atom. The van der Waals surface area contributed by atoms with Crippen LogP contribution in [-0.2, 0) is 16.6 Å². The standard InChI is InChI=1S/C15H13FN4O2S/c16-13-6-4-12(5-7-13)9-19-23(21,22)14-10-18-20(11-14)15-3-1-2-8-17-15/h1-8,10-11,19H,9H2. The van der Waals surface area contributed by atoms with Crippen LogP contribution in [0.4, 0.5) is 4.39 Å². The lowest BCUT2D eigenvalue weighted by Crippen LogP contribution is -2.22. The van der Waals surface area contributed by atoms with Crippen LogP contribution in [0.3, 0.4) is 0 Å². The molecule has 118 valence electrons. The first-order chi connectivity index (χ1) is 11.0. The van der Waals surface area contributed by atoms with E-state index < -0.39 is 10.0 Å². The molecule has 0 aliphatic heterocycles. The number of halogens is 1. The maximum Gasteiger partial charge on any atom is 0.244 e. The number of sulfonamides is 1. The molecule has 0 spiro atoms. The monoisotopic (exact) mass is 332 g/mol. The number of nitrogens with one attached hydrogen (secondary N) is 1. The number of nitrogens with zero attached hydrogens (tertiary/aromatic N) is 3. The van der Waals surface area contributed by atoms with Crippen molar-refractivity contribution in [3.05, 3.63) is 72.4 Å². The first-order valence-electron chi connectivity index (χ1n) is 6.75. The quantitative estimate of drug-likeness (QED) is 0.774. The van der Waals surface area contributed by atoms with Gasteiger partial charge in [-0.25, -0.2) is 27.2 Å². The van der Waals surface area contributed by atoms with Crippen LogP contribution in [0.15, 0.2) is 66.0 Å². The first kappa shape index (κ1) is 15.3. The minimum Gasteiger partial charge on any atom is -0.237 e. The highest BCUT2D eigenvalue weighted by atomic mass is 32.2. The highest BCUT2D eigenvalue weighted by molar-refractivity contribution is 7.89. The van der Waals surface area contributed by atoms with Gasteiger partial charge in [-0.1, -0.05) is 18.2 Å². The van der Waals surface area contributed by atoms with Gasteiger partial charge in [0, 0.05) is 12.7 Å². The fourth-order valence-corrected chi connectivity index (χ4v) is 2.87. The van der Waals surface area contributed by atoms with Crippen molar-refractivity contribution in [3.8, 4) is 5.82 Å². The molecule has 6 nitrogen and oxygen atoms in total. The van der Waals surface area contributed by atoms with Crippen molar-refractivity contribution >= 4 is 10.0 Å². The van der Waals surface area contributed by atoms with Gasteiger partial charge in [0.2, 0.25) is 10.0 Å². The van der Waals surface area contributed by atoms with E-state index in [0.717, 1.165) is 0 Å². The highest BCUT2D eigenvalue weighted by Gasteiger charge is 2.16. The lowest BCUT2D eigenvalue weighted by atomic mass is 10.2. The zero-order valence-electron chi connectivity index (χ0n) is 11.9. The normalized spacial score (nSPS) is 11.5. The fraction of sp³-hybridized carbons (Fsp3) is 0.0667. The van der Waals surface area contributed by atoms with Crippen LogP contribution in [0.1, 0.15) is 5.56 Å². The van der Waals surface area contributed by atoms with Crippen molar-refractivity contribution in [1.82, 2.24) is 19.5 Å². The summed E-state index contributed by atoms with van der Waals surface area (Å²) in [5.74, 6) is 0.153. The zero-order chi connectivity index (χ0) is 16.3. The maximum absolute atomic E-state index is 12.8. The minimum atomic E-state index is -3.71. The molecule has 8 heteroatoms. The third-order valence-corrected chi connectivity index (χ3v) is 4.49. The van der Waals surface area contributed by atoms with Gasteiger partial charge >= 0.3 is 0 Å². The summed E-state index contributed by atoms with van der Waals surface area (Å²) in [6.07, 6.45) is 4.23. The molecule has 0 bridgehead atoms. The Morgan fingerprint density at radius 2 is 1.91 bits per heavy atom. The van der Waals surface area contributed by atoms with Crippen molar-refractivity contribution in [2.45, 2.75) is 11.4 Å². The molecule has 23 heavy (non-hydrogen) atoms. The van der Waals surface area contributed by atoms with Crippen molar-refractivity contribution in [2.75, 3.05) is 0 Å². The molecule has 0 aliphatic rings. The van der Waals surface area contributed by atoms with E-state index in [0.29, 0.717) is 11.4 Å². The van der Waals surface area contributed by atoms with Gasteiger partial charge in [-0.15, -0.1) is 0 Å². The molecule has 0 saturated heterocycles. The molecule has 0 saturated carbocycles. The van der Waals surface area contributed by atoms with Crippen molar-refractivity contribution in [1.29, 1.82) is 0 Å². The average Bonchev–Trinajstić information content (AvgIpc) is 3.06. The summed E-state index contributed by atoms with van der Waals surface area (Å²) < 4.78 is 41.2. The predicted molar refractivity (Wildman–Crippen MR) is 81.8 cm³/mol. The van der Waals surface area contributed by atoms with E-state index in [1.54, 1.807) is 24.4 Å². The van der Waals surface area contributed by atoms with Gasteiger partial charge in [-0.2, -0.15) is 5.10 Å². The Balaban J connectivity index is 1.75. The van der Waals surface area contributed by atoms with Crippen molar-refractivity contribution in [2.24, 2.45) is 0 Å². The second-order valence-electron chi connectivity index (χ2n) is 4.76. The topological polar surface area (TPSA) is 76.9 Å². The van der Waals surface area contributed by atoms with Crippen LogP contribution >= 0.6 is 0 Å². The van der Waals surface area contributed by atoms with E-state index in [9.17, 15) is 12.8 Å². The summed E-state index contributed by atoms with van der Waals surface area (Å²) in [6, 6.07) is 10.9. The summed E-state index contributed by atoms with van der Waals surface area (Å²) in [6.45, 7) is 0.0668. The number of hydrogen-bond acceptors (Lipinski definition) is 4.